The van der Waals surface area contributed by atoms with Gasteiger partial charge in [-0.2, -0.15) is 0 Å². The molecule has 19 heavy (non-hydrogen) atoms. The Kier molecular flexibility index (Phi) is 4.46. The van der Waals surface area contributed by atoms with Gasteiger partial charge in [-0.25, -0.2) is 0 Å². The van der Waals surface area contributed by atoms with Crippen LogP contribution in [0.15, 0.2) is 36.4 Å². The highest BCUT2D eigenvalue weighted by Gasteiger charge is 2.10. The molecular formula is C15H12Cl2O2. The van der Waals surface area contributed by atoms with Crippen LogP contribution in [0.3, 0.4) is 0 Å². The first-order valence-electron chi connectivity index (χ1n) is 5.72. The molecule has 2 rings (SSSR count). The van der Waals surface area contributed by atoms with Gasteiger partial charge in [0.05, 0.1) is 10.6 Å². The number of halogens is 2. The molecule has 98 valence electrons. The van der Waals surface area contributed by atoms with Crippen molar-refractivity contribution in [2.75, 3.05) is 0 Å². The molecular weight excluding hydrogens is 283 g/mol. The van der Waals surface area contributed by atoms with E-state index < -0.39 is 0 Å². The molecule has 0 aliphatic carbocycles. The van der Waals surface area contributed by atoms with E-state index >= 15 is 0 Å². The van der Waals surface area contributed by atoms with E-state index in [1.807, 2.05) is 31.2 Å². The van der Waals surface area contributed by atoms with Crippen molar-refractivity contribution in [3.05, 3.63) is 63.1 Å². The highest BCUT2D eigenvalue weighted by atomic mass is 35.5. The van der Waals surface area contributed by atoms with E-state index in [1.54, 1.807) is 6.07 Å². The maximum Gasteiger partial charge on any atom is 0.153 e. The fourth-order valence-electron chi connectivity index (χ4n) is 1.66. The second-order valence-corrected chi connectivity index (χ2v) is 5.04. The van der Waals surface area contributed by atoms with Crippen LogP contribution in [0.2, 0.25) is 10.0 Å². The van der Waals surface area contributed by atoms with Crippen LogP contribution in [0, 0.1) is 6.92 Å². The summed E-state index contributed by atoms with van der Waals surface area (Å²) < 4.78 is 5.62. The Bertz CT molecular complexity index is 592. The van der Waals surface area contributed by atoms with Gasteiger partial charge in [0.25, 0.3) is 0 Å². The number of carbonyl (C=O) groups is 1. The summed E-state index contributed by atoms with van der Waals surface area (Å²) in [5.41, 5.74) is 2.54. The molecule has 0 unspecified atom stereocenters. The molecule has 0 atom stereocenters. The first-order chi connectivity index (χ1) is 9.10. The molecule has 2 nitrogen and oxygen atoms in total. The Balaban J connectivity index is 2.19. The fraction of sp³-hybridized carbons (Fsp3) is 0.133. The third-order valence-electron chi connectivity index (χ3n) is 2.67. The van der Waals surface area contributed by atoms with Crippen LogP contribution in [0.1, 0.15) is 21.5 Å². The Hall–Kier alpha value is -1.51. The van der Waals surface area contributed by atoms with E-state index in [0.29, 0.717) is 34.3 Å². The molecule has 2 aromatic carbocycles. The van der Waals surface area contributed by atoms with Crippen LogP contribution in [0.4, 0.5) is 0 Å². The summed E-state index contributed by atoms with van der Waals surface area (Å²) in [6.45, 7) is 2.37. The summed E-state index contributed by atoms with van der Waals surface area (Å²) >= 11 is 11.9. The van der Waals surface area contributed by atoms with Crippen molar-refractivity contribution < 1.29 is 9.53 Å². The van der Waals surface area contributed by atoms with Gasteiger partial charge in [-0.1, -0.05) is 53.0 Å². The maximum absolute atomic E-state index is 11.0. The lowest BCUT2D eigenvalue weighted by Crippen LogP contribution is -1.99. The number of hydrogen-bond acceptors (Lipinski definition) is 2. The first-order valence-corrected chi connectivity index (χ1v) is 6.48. The van der Waals surface area contributed by atoms with Crippen molar-refractivity contribution in [1.29, 1.82) is 0 Å². The minimum Gasteiger partial charge on any atom is -0.487 e. The second-order valence-electron chi connectivity index (χ2n) is 4.20. The van der Waals surface area contributed by atoms with E-state index in [2.05, 4.69) is 0 Å². The molecule has 0 heterocycles. The average Bonchev–Trinajstić information content (AvgIpc) is 2.39. The SMILES string of the molecule is Cc1ccc(COc2c(Cl)cc(Cl)cc2C=O)cc1. The van der Waals surface area contributed by atoms with E-state index in [0.717, 1.165) is 5.56 Å². The summed E-state index contributed by atoms with van der Waals surface area (Å²) in [6, 6.07) is 11.0. The number of rotatable bonds is 4. The minimum atomic E-state index is 0.335. The number of carbonyl (C=O) groups excluding carboxylic acids is 1. The van der Waals surface area contributed by atoms with Crippen molar-refractivity contribution in [2.45, 2.75) is 13.5 Å². The van der Waals surface area contributed by atoms with E-state index in [4.69, 9.17) is 27.9 Å². The van der Waals surface area contributed by atoms with Gasteiger partial charge in [0.15, 0.2) is 6.29 Å². The zero-order valence-corrected chi connectivity index (χ0v) is 11.8. The zero-order valence-electron chi connectivity index (χ0n) is 10.3. The lowest BCUT2D eigenvalue weighted by atomic mass is 10.1. The van der Waals surface area contributed by atoms with Gasteiger partial charge in [-0.15, -0.1) is 0 Å². The predicted octanol–water partition coefficient (Wildman–Crippen LogP) is 4.69. The lowest BCUT2D eigenvalue weighted by Gasteiger charge is -2.11. The Morgan fingerprint density at radius 3 is 2.47 bits per heavy atom. The van der Waals surface area contributed by atoms with Crippen molar-refractivity contribution >= 4 is 29.5 Å². The van der Waals surface area contributed by atoms with Gasteiger partial charge >= 0.3 is 0 Å². The zero-order chi connectivity index (χ0) is 13.8. The molecule has 0 aromatic heterocycles. The standard InChI is InChI=1S/C15H12Cl2O2/c1-10-2-4-11(5-3-10)9-19-15-12(8-18)6-13(16)7-14(15)17/h2-8H,9H2,1H3. The predicted molar refractivity (Wildman–Crippen MR) is 77.4 cm³/mol. The van der Waals surface area contributed by atoms with Gasteiger partial charge in [-0.05, 0) is 24.6 Å². The summed E-state index contributed by atoms with van der Waals surface area (Å²) in [7, 11) is 0. The van der Waals surface area contributed by atoms with E-state index in [1.165, 1.54) is 11.6 Å². The average molecular weight is 295 g/mol. The largest absolute Gasteiger partial charge is 0.487 e. The molecule has 0 N–H and O–H groups in total. The van der Waals surface area contributed by atoms with Crippen LogP contribution in [-0.2, 0) is 6.61 Å². The van der Waals surface area contributed by atoms with Crippen LogP contribution in [-0.4, -0.2) is 6.29 Å². The maximum atomic E-state index is 11.0. The molecule has 0 fully saturated rings. The van der Waals surface area contributed by atoms with Crippen molar-refractivity contribution in [2.24, 2.45) is 0 Å². The van der Waals surface area contributed by atoms with Crippen molar-refractivity contribution in [3.8, 4) is 5.75 Å². The van der Waals surface area contributed by atoms with Gasteiger partial charge in [0, 0.05) is 5.02 Å². The summed E-state index contributed by atoms with van der Waals surface area (Å²) in [5.74, 6) is 0.363. The molecule has 0 saturated carbocycles. The number of aldehydes is 1. The summed E-state index contributed by atoms with van der Waals surface area (Å²) in [4.78, 5) is 11.0. The summed E-state index contributed by atoms with van der Waals surface area (Å²) in [5, 5.41) is 0.747. The van der Waals surface area contributed by atoms with Gasteiger partial charge in [-0.3, -0.25) is 4.79 Å². The number of ether oxygens (including phenoxy) is 1. The number of benzene rings is 2. The third-order valence-corrected chi connectivity index (χ3v) is 3.17. The molecule has 0 aliphatic rings. The van der Waals surface area contributed by atoms with Crippen LogP contribution < -0.4 is 4.74 Å². The van der Waals surface area contributed by atoms with E-state index in [-0.39, 0.29) is 0 Å². The molecule has 4 heteroatoms. The normalized spacial score (nSPS) is 10.3. The Labute approximate surface area is 121 Å². The van der Waals surface area contributed by atoms with Crippen molar-refractivity contribution in [3.63, 3.8) is 0 Å². The minimum absolute atomic E-state index is 0.335. The molecule has 0 aliphatic heterocycles. The fourth-order valence-corrected chi connectivity index (χ4v) is 2.22. The van der Waals surface area contributed by atoms with Crippen molar-refractivity contribution in [1.82, 2.24) is 0 Å². The van der Waals surface area contributed by atoms with Gasteiger partial charge in [0.2, 0.25) is 0 Å². The van der Waals surface area contributed by atoms with Crippen LogP contribution in [0.5, 0.6) is 5.75 Å². The number of hydrogen-bond donors (Lipinski definition) is 0. The first kappa shape index (κ1) is 13.9. The quantitative estimate of drug-likeness (QED) is 0.765. The molecule has 0 amide bonds. The van der Waals surface area contributed by atoms with E-state index in [9.17, 15) is 4.79 Å². The number of aryl methyl sites for hydroxylation is 1. The summed E-state index contributed by atoms with van der Waals surface area (Å²) in [6.07, 6.45) is 0.683. The van der Waals surface area contributed by atoms with Gasteiger partial charge in [0.1, 0.15) is 12.4 Å². The lowest BCUT2D eigenvalue weighted by molar-refractivity contribution is 0.111. The Morgan fingerprint density at radius 2 is 1.84 bits per heavy atom. The smallest absolute Gasteiger partial charge is 0.153 e. The van der Waals surface area contributed by atoms with Crippen LogP contribution in [0.25, 0.3) is 0 Å². The third kappa shape index (κ3) is 3.49. The Morgan fingerprint density at radius 1 is 1.16 bits per heavy atom. The molecule has 0 saturated heterocycles. The molecule has 0 spiro atoms. The van der Waals surface area contributed by atoms with Crippen LogP contribution >= 0.6 is 23.2 Å². The topological polar surface area (TPSA) is 26.3 Å². The molecule has 2 aromatic rings. The van der Waals surface area contributed by atoms with Gasteiger partial charge < -0.3 is 4.74 Å². The monoisotopic (exact) mass is 294 g/mol. The molecule has 0 radical (unpaired) electrons. The highest BCUT2D eigenvalue weighted by molar-refractivity contribution is 6.36. The molecule has 0 bridgehead atoms. The highest BCUT2D eigenvalue weighted by Crippen LogP contribution is 2.32. The second kappa shape index (κ2) is 6.09.